The van der Waals surface area contributed by atoms with Gasteiger partial charge in [0.05, 0.1) is 11.2 Å². The predicted octanol–water partition coefficient (Wildman–Crippen LogP) is 0.407. The zero-order valence-corrected chi connectivity index (χ0v) is 9.85. The first-order valence-corrected chi connectivity index (χ1v) is 6.03. The van der Waals surface area contributed by atoms with E-state index >= 15 is 0 Å². The molecule has 1 amide bonds. The largest absolute Gasteiger partial charge is 0.368 e. The van der Waals surface area contributed by atoms with Crippen molar-refractivity contribution < 1.29 is 4.79 Å². The molecule has 1 unspecified atom stereocenters. The minimum atomic E-state index is -0.484. The van der Waals surface area contributed by atoms with Crippen molar-refractivity contribution in [1.29, 1.82) is 0 Å². The second-order valence-electron chi connectivity index (χ2n) is 4.53. The molecule has 5 heteroatoms. The Morgan fingerprint density at radius 2 is 2.41 bits per heavy atom. The van der Waals surface area contributed by atoms with Gasteiger partial charge in [0.1, 0.15) is 0 Å². The number of amides is 1. The van der Waals surface area contributed by atoms with E-state index in [2.05, 4.69) is 15.3 Å². The van der Waals surface area contributed by atoms with Gasteiger partial charge in [-0.1, -0.05) is 0 Å². The standard InChI is InChI=1S/C12H18N4O/c13-11(17)12(5-2-6-16-12)4-1-3-10-9-14-7-8-15-10/h7-9,16H,1-6H2,(H2,13,17). The Morgan fingerprint density at radius 1 is 1.53 bits per heavy atom. The van der Waals surface area contributed by atoms with E-state index in [1.165, 1.54) is 0 Å². The van der Waals surface area contributed by atoms with Crippen LogP contribution in [0.2, 0.25) is 0 Å². The van der Waals surface area contributed by atoms with Gasteiger partial charge in [0, 0.05) is 18.6 Å². The molecule has 0 bridgehead atoms. The molecule has 92 valence electrons. The van der Waals surface area contributed by atoms with E-state index in [1.54, 1.807) is 18.6 Å². The molecule has 2 heterocycles. The summed E-state index contributed by atoms with van der Waals surface area (Å²) in [7, 11) is 0. The van der Waals surface area contributed by atoms with E-state index in [4.69, 9.17) is 5.73 Å². The highest BCUT2D eigenvalue weighted by molar-refractivity contribution is 5.85. The van der Waals surface area contributed by atoms with Crippen LogP contribution in [0.25, 0.3) is 0 Å². The van der Waals surface area contributed by atoms with Gasteiger partial charge in [-0.2, -0.15) is 0 Å². The topological polar surface area (TPSA) is 80.9 Å². The summed E-state index contributed by atoms with van der Waals surface area (Å²) in [6, 6.07) is 0. The van der Waals surface area contributed by atoms with Crippen LogP contribution in [0.5, 0.6) is 0 Å². The monoisotopic (exact) mass is 234 g/mol. The van der Waals surface area contributed by atoms with Crippen LogP contribution in [-0.4, -0.2) is 28.0 Å². The third-order valence-electron chi connectivity index (χ3n) is 3.37. The molecule has 17 heavy (non-hydrogen) atoms. The first-order valence-electron chi connectivity index (χ1n) is 6.03. The molecule has 0 spiro atoms. The fourth-order valence-electron chi connectivity index (χ4n) is 2.38. The molecule has 5 nitrogen and oxygen atoms in total. The number of rotatable bonds is 5. The van der Waals surface area contributed by atoms with Gasteiger partial charge in [-0.3, -0.25) is 14.8 Å². The molecule has 1 atom stereocenters. The van der Waals surface area contributed by atoms with E-state index in [0.717, 1.165) is 44.3 Å². The van der Waals surface area contributed by atoms with Gasteiger partial charge in [0.2, 0.25) is 5.91 Å². The van der Waals surface area contributed by atoms with Crippen molar-refractivity contribution in [2.45, 2.75) is 37.6 Å². The smallest absolute Gasteiger partial charge is 0.237 e. The van der Waals surface area contributed by atoms with Gasteiger partial charge in [0.25, 0.3) is 0 Å². The summed E-state index contributed by atoms with van der Waals surface area (Å²) in [6.07, 6.45) is 9.49. The number of nitrogens with two attached hydrogens (primary N) is 1. The van der Waals surface area contributed by atoms with Crippen LogP contribution >= 0.6 is 0 Å². The summed E-state index contributed by atoms with van der Waals surface area (Å²) < 4.78 is 0. The molecule has 0 aromatic carbocycles. The van der Waals surface area contributed by atoms with Gasteiger partial charge < -0.3 is 11.1 Å². The van der Waals surface area contributed by atoms with E-state index in [-0.39, 0.29) is 5.91 Å². The summed E-state index contributed by atoms with van der Waals surface area (Å²) >= 11 is 0. The summed E-state index contributed by atoms with van der Waals surface area (Å²) in [6.45, 7) is 0.883. The Labute approximate surface area is 101 Å². The van der Waals surface area contributed by atoms with Crippen molar-refractivity contribution in [2.75, 3.05) is 6.54 Å². The number of hydrogen-bond donors (Lipinski definition) is 2. The molecular formula is C12H18N4O. The van der Waals surface area contributed by atoms with Crippen LogP contribution in [-0.2, 0) is 11.2 Å². The summed E-state index contributed by atoms with van der Waals surface area (Å²) in [5.74, 6) is -0.228. The van der Waals surface area contributed by atoms with E-state index in [1.807, 2.05) is 0 Å². The fraction of sp³-hybridized carbons (Fsp3) is 0.583. The molecule has 0 aliphatic carbocycles. The van der Waals surface area contributed by atoms with Gasteiger partial charge in [0.15, 0.2) is 0 Å². The number of primary amides is 1. The number of aryl methyl sites for hydroxylation is 1. The van der Waals surface area contributed by atoms with Crippen LogP contribution in [0.3, 0.4) is 0 Å². The first kappa shape index (κ1) is 12.0. The van der Waals surface area contributed by atoms with Crippen molar-refractivity contribution in [3.63, 3.8) is 0 Å². The number of nitrogens with zero attached hydrogens (tertiary/aromatic N) is 2. The molecule has 3 N–H and O–H groups in total. The maximum Gasteiger partial charge on any atom is 0.237 e. The molecule has 1 aliphatic heterocycles. The Bertz CT molecular complexity index is 373. The highest BCUT2D eigenvalue weighted by atomic mass is 16.1. The quantitative estimate of drug-likeness (QED) is 0.773. The van der Waals surface area contributed by atoms with Crippen LogP contribution in [0.15, 0.2) is 18.6 Å². The van der Waals surface area contributed by atoms with Crippen LogP contribution in [0.1, 0.15) is 31.4 Å². The van der Waals surface area contributed by atoms with E-state index in [9.17, 15) is 4.79 Å². The maximum absolute atomic E-state index is 11.5. The molecule has 1 aliphatic rings. The number of carbonyl (C=O) groups excluding carboxylic acids is 1. The Hall–Kier alpha value is -1.49. The average Bonchev–Trinajstić information content (AvgIpc) is 2.80. The minimum absolute atomic E-state index is 0.228. The van der Waals surface area contributed by atoms with Crippen LogP contribution < -0.4 is 11.1 Å². The van der Waals surface area contributed by atoms with Gasteiger partial charge >= 0.3 is 0 Å². The second kappa shape index (κ2) is 5.23. The number of aromatic nitrogens is 2. The molecule has 2 rings (SSSR count). The zero-order valence-electron chi connectivity index (χ0n) is 9.85. The molecule has 1 aromatic heterocycles. The summed E-state index contributed by atoms with van der Waals surface area (Å²) in [5, 5.41) is 3.25. The summed E-state index contributed by atoms with van der Waals surface area (Å²) in [5.41, 5.74) is 5.96. The Balaban J connectivity index is 1.87. The van der Waals surface area contributed by atoms with Gasteiger partial charge in [-0.05, 0) is 38.6 Å². The lowest BCUT2D eigenvalue weighted by atomic mass is 9.90. The number of carbonyl (C=O) groups is 1. The maximum atomic E-state index is 11.5. The van der Waals surface area contributed by atoms with Gasteiger partial charge in [-0.25, -0.2) is 0 Å². The lowest BCUT2D eigenvalue weighted by molar-refractivity contribution is -0.124. The molecule has 1 saturated heterocycles. The third kappa shape index (κ3) is 2.79. The lowest BCUT2D eigenvalue weighted by Crippen LogP contribution is -2.51. The third-order valence-corrected chi connectivity index (χ3v) is 3.37. The highest BCUT2D eigenvalue weighted by Crippen LogP contribution is 2.24. The highest BCUT2D eigenvalue weighted by Gasteiger charge is 2.38. The molecule has 0 saturated carbocycles. The van der Waals surface area contributed by atoms with Crippen molar-refractivity contribution >= 4 is 5.91 Å². The van der Waals surface area contributed by atoms with Crippen LogP contribution in [0, 0.1) is 0 Å². The molecular weight excluding hydrogens is 216 g/mol. The second-order valence-corrected chi connectivity index (χ2v) is 4.53. The van der Waals surface area contributed by atoms with Crippen molar-refractivity contribution in [1.82, 2.24) is 15.3 Å². The van der Waals surface area contributed by atoms with Crippen LogP contribution in [0.4, 0.5) is 0 Å². The van der Waals surface area contributed by atoms with Crippen molar-refractivity contribution in [2.24, 2.45) is 5.73 Å². The van der Waals surface area contributed by atoms with Gasteiger partial charge in [-0.15, -0.1) is 0 Å². The SMILES string of the molecule is NC(=O)C1(CCCc2cnccn2)CCCN1. The fourth-order valence-corrected chi connectivity index (χ4v) is 2.38. The zero-order chi connectivity index (χ0) is 12.1. The van der Waals surface area contributed by atoms with Crippen molar-refractivity contribution in [3.8, 4) is 0 Å². The average molecular weight is 234 g/mol. The Morgan fingerprint density at radius 3 is 3.00 bits per heavy atom. The van der Waals surface area contributed by atoms with Crippen molar-refractivity contribution in [3.05, 3.63) is 24.3 Å². The molecule has 1 fully saturated rings. The normalized spacial score (nSPS) is 23.8. The molecule has 1 aromatic rings. The van der Waals surface area contributed by atoms with E-state index in [0.29, 0.717) is 0 Å². The minimum Gasteiger partial charge on any atom is -0.368 e. The first-order chi connectivity index (χ1) is 8.23. The Kier molecular flexibility index (Phi) is 3.68. The van der Waals surface area contributed by atoms with E-state index < -0.39 is 5.54 Å². The lowest BCUT2D eigenvalue weighted by Gasteiger charge is -2.25. The number of hydrogen-bond acceptors (Lipinski definition) is 4. The summed E-state index contributed by atoms with van der Waals surface area (Å²) in [4.78, 5) is 19.7. The number of nitrogens with one attached hydrogen (secondary N) is 1. The predicted molar refractivity (Wildman–Crippen MR) is 64.1 cm³/mol. The molecule has 0 radical (unpaired) electrons.